The topological polar surface area (TPSA) is 27.1 Å². The lowest BCUT2D eigenvalue weighted by atomic mass is 10.1. The molecule has 2 rings (SSSR count). The van der Waals surface area contributed by atoms with Gasteiger partial charge < -0.3 is 9.30 Å². The SMILES string of the molecule is CCn1cnc2c1CC=C(OC)C2. The summed E-state index contributed by atoms with van der Waals surface area (Å²) in [6.07, 6.45) is 5.85. The minimum Gasteiger partial charge on any atom is -0.501 e. The highest BCUT2D eigenvalue weighted by molar-refractivity contribution is 5.26. The quantitative estimate of drug-likeness (QED) is 0.686. The fourth-order valence-electron chi connectivity index (χ4n) is 1.71. The van der Waals surface area contributed by atoms with Crippen LogP contribution in [0.15, 0.2) is 18.2 Å². The Morgan fingerprint density at radius 2 is 2.46 bits per heavy atom. The zero-order valence-electron chi connectivity index (χ0n) is 8.08. The first kappa shape index (κ1) is 8.35. The highest BCUT2D eigenvalue weighted by Gasteiger charge is 2.15. The molecule has 3 nitrogen and oxygen atoms in total. The lowest BCUT2D eigenvalue weighted by molar-refractivity contribution is 0.279. The van der Waals surface area contributed by atoms with Crippen LogP contribution in [-0.2, 0) is 24.1 Å². The van der Waals surface area contributed by atoms with Gasteiger partial charge >= 0.3 is 0 Å². The van der Waals surface area contributed by atoms with Gasteiger partial charge in [-0.25, -0.2) is 4.98 Å². The Kier molecular flexibility index (Phi) is 2.08. The van der Waals surface area contributed by atoms with E-state index in [0.29, 0.717) is 0 Å². The van der Waals surface area contributed by atoms with E-state index >= 15 is 0 Å². The van der Waals surface area contributed by atoms with Crippen molar-refractivity contribution in [3.63, 3.8) is 0 Å². The maximum atomic E-state index is 5.20. The molecule has 0 unspecified atom stereocenters. The van der Waals surface area contributed by atoms with Gasteiger partial charge in [-0.15, -0.1) is 0 Å². The van der Waals surface area contributed by atoms with Gasteiger partial charge in [0.1, 0.15) is 0 Å². The maximum Gasteiger partial charge on any atom is 0.0979 e. The Balaban J connectivity index is 2.29. The Morgan fingerprint density at radius 1 is 1.62 bits per heavy atom. The number of methoxy groups -OCH3 is 1. The molecule has 0 saturated heterocycles. The summed E-state index contributed by atoms with van der Waals surface area (Å²) in [7, 11) is 1.72. The van der Waals surface area contributed by atoms with Crippen molar-refractivity contribution in [3.05, 3.63) is 29.6 Å². The molecule has 13 heavy (non-hydrogen) atoms. The van der Waals surface area contributed by atoms with Crippen molar-refractivity contribution in [1.29, 1.82) is 0 Å². The molecule has 0 amide bonds. The highest BCUT2D eigenvalue weighted by atomic mass is 16.5. The average molecular weight is 178 g/mol. The third-order valence-corrected chi connectivity index (χ3v) is 2.50. The second kappa shape index (κ2) is 3.24. The predicted molar refractivity (Wildman–Crippen MR) is 50.4 cm³/mol. The fourth-order valence-corrected chi connectivity index (χ4v) is 1.71. The Hall–Kier alpha value is -1.25. The first-order valence-corrected chi connectivity index (χ1v) is 4.61. The molecule has 0 radical (unpaired) electrons. The maximum absolute atomic E-state index is 5.20. The van der Waals surface area contributed by atoms with Crippen molar-refractivity contribution in [2.45, 2.75) is 26.3 Å². The van der Waals surface area contributed by atoms with E-state index in [2.05, 4.69) is 22.6 Å². The van der Waals surface area contributed by atoms with Gasteiger partial charge in [-0.05, 0) is 13.0 Å². The predicted octanol–water partition coefficient (Wildman–Crippen LogP) is 1.53. The molecule has 0 aliphatic heterocycles. The largest absolute Gasteiger partial charge is 0.501 e. The van der Waals surface area contributed by atoms with E-state index in [1.165, 1.54) is 11.4 Å². The number of hydrogen-bond donors (Lipinski definition) is 0. The van der Waals surface area contributed by atoms with Crippen LogP contribution in [0.2, 0.25) is 0 Å². The van der Waals surface area contributed by atoms with Crippen molar-refractivity contribution in [1.82, 2.24) is 9.55 Å². The zero-order chi connectivity index (χ0) is 9.26. The summed E-state index contributed by atoms with van der Waals surface area (Å²) < 4.78 is 7.40. The third kappa shape index (κ3) is 1.34. The minimum absolute atomic E-state index is 0.846. The van der Waals surface area contributed by atoms with Crippen LogP contribution < -0.4 is 0 Å². The highest BCUT2D eigenvalue weighted by Crippen LogP contribution is 2.19. The summed E-state index contributed by atoms with van der Waals surface area (Å²) in [5, 5.41) is 0. The summed E-state index contributed by atoms with van der Waals surface area (Å²) in [6.45, 7) is 3.13. The van der Waals surface area contributed by atoms with Gasteiger partial charge in [0.2, 0.25) is 0 Å². The van der Waals surface area contributed by atoms with Gasteiger partial charge in [-0.1, -0.05) is 0 Å². The molecule has 0 saturated carbocycles. The Labute approximate surface area is 78.0 Å². The van der Waals surface area contributed by atoms with Gasteiger partial charge in [0.15, 0.2) is 0 Å². The van der Waals surface area contributed by atoms with Crippen molar-refractivity contribution in [2.75, 3.05) is 7.11 Å². The second-order valence-electron chi connectivity index (χ2n) is 3.18. The normalized spacial score (nSPS) is 15.1. The molecule has 1 heterocycles. The van der Waals surface area contributed by atoms with E-state index in [9.17, 15) is 0 Å². The molecule has 0 atom stereocenters. The van der Waals surface area contributed by atoms with Crippen LogP contribution in [0.3, 0.4) is 0 Å². The first-order valence-electron chi connectivity index (χ1n) is 4.61. The monoisotopic (exact) mass is 178 g/mol. The lowest BCUT2D eigenvalue weighted by Crippen LogP contribution is -2.07. The van der Waals surface area contributed by atoms with Crippen LogP contribution in [0.1, 0.15) is 18.3 Å². The number of aryl methyl sites for hydroxylation is 1. The van der Waals surface area contributed by atoms with E-state index in [4.69, 9.17) is 4.74 Å². The average Bonchev–Trinajstić information content (AvgIpc) is 2.59. The second-order valence-corrected chi connectivity index (χ2v) is 3.18. The van der Waals surface area contributed by atoms with Crippen molar-refractivity contribution < 1.29 is 4.74 Å². The molecular weight excluding hydrogens is 164 g/mol. The summed E-state index contributed by atoms with van der Waals surface area (Å²) in [5.74, 6) is 1.04. The molecule has 1 aromatic heterocycles. The number of fused-ring (bicyclic) bond motifs is 1. The third-order valence-electron chi connectivity index (χ3n) is 2.50. The molecule has 0 spiro atoms. The van der Waals surface area contributed by atoms with Gasteiger partial charge in [-0.2, -0.15) is 0 Å². The minimum atomic E-state index is 0.846. The number of rotatable bonds is 2. The molecule has 0 fully saturated rings. The number of hydrogen-bond acceptors (Lipinski definition) is 2. The number of nitrogens with zero attached hydrogens (tertiary/aromatic N) is 2. The molecule has 1 aliphatic rings. The molecule has 0 bridgehead atoms. The number of imidazole rings is 1. The summed E-state index contributed by atoms with van der Waals surface area (Å²) in [4.78, 5) is 4.37. The van der Waals surface area contributed by atoms with E-state index in [0.717, 1.165) is 25.1 Å². The lowest BCUT2D eigenvalue weighted by Gasteiger charge is -2.13. The van der Waals surface area contributed by atoms with Crippen molar-refractivity contribution in [3.8, 4) is 0 Å². The van der Waals surface area contributed by atoms with Crippen LogP contribution in [0, 0.1) is 0 Å². The molecular formula is C10H14N2O. The van der Waals surface area contributed by atoms with Crippen LogP contribution in [0.5, 0.6) is 0 Å². The number of aromatic nitrogens is 2. The van der Waals surface area contributed by atoms with Gasteiger partial charge in [-0.3, -0.25) is 0 Å². The smallest absolute Gasteiger partial charge is 0.0979 e. The van der Waals surface area contributed by atoms with Crippen LogP contribution >= 0.6 is 0 Å². The van der Waals surface area contributed by atoms with Gasteiger partial charge in [0, 0.05) is 25.1 Å². The summed E-state index contributed by atoms with van der Waals surface area (Å²) >= 11 is 0. The standard InChI is InChI=1S/C10H14N2O/c1-3-12-7-11-9-6-8(13-2)4-5-10(9)12/h4,7H,3,5-6H2,1-2H3. The van der Waals surface area contributed by atoms with E-state index < -0.39 is 0 Å². The van der Waals surface area contributed by atoms with E-state index in [1.54, 1.807) is 7.11 Å². The Morgan fingerprint density at radius 3 is 3.15 bits per heavy atom. The van der Waals surface area contributed by atoms with Crippen LogP contribution in [0.25, 0.3) is 0 Å². The summed E-state index contributed by atoms with van der Waals surface area (Å²) in [6, 6.07) is 0. The van der Waals surface area contributed by atoms with Crippen molar-refractivity contribution >= 4 is 0 Å². The van der Waals surface area contributed by atoms with Gasteiger partial charge in [0.05, 0.1) is 24.9 Å². The molecule has 0 N–H and O–H groups in total. The Bertz CT molecular complexity index is 339. The number of ether oxygens (including phenoxy) is 1. The van der Waals surface area contributed by atoms with E-state index in [1.807, 2.05) is 6.33 Å². The van der Waals surface area contributed by atoms with E-state index in [-0.39, 0.29) is 0 Å². The molecule has 0 aromatic carbocycles. The molecule has 3 heteroatoms. The zero-order valence-corrected chi connectivity index (χ0v) is 8.08. The molecule has 1 aliphatic carbocycles. The van der Waals surface area contributed by atoms with Crippen LogP contribution in [0.4, 0.5) is 0 Å². The first-order chi connectivity index (χ1) is 6.35. The molecule has 1 aromatic rings. The van der Waals surface area contributed by atoms with Gasteiger partial charge in [0.25, 0.3) is 0 Å². The van der Waals surface area contributed by atoms with Crippen molar-refractivity contribution in [2.24, 2.45) is 0 Å². The summed E-state index contributed by atoms with van der Waals surface area (Å²) in [5.41, 5.74) is 2.50. The van der Waals surface area contributed by atoms with Crippen LogP contribution in [-0.4, -0.2) is 16.7 Å². The fraction of sp³-hybridized carbons (Fsp3) is 0.500. The number of allylic oxidation sites excluding steroid dienone is 2. The molecule has 70 valence electrons.